The van der Waals surface area contributed by atoms with Crippen LogP contribution in [0.15, 0.2) is 48.5 Å². The van der Waals surface area contributed by atoms with Gasteiger partial charge in [-0.1, -0.05) is 101 Å². The Bertz CT molecular complexity index is 701. The van der Waals surface area contributed by atoms with Crippen LogP contribution in [-0.4, -0.2) is 0 Å². The van der Waals surface area contributed by atoms with Crippen molar-refractivity contribution in [1.29, 1.82) is 0 Å². The monoisotopic (exact) mass is 346 g/mol. The van der Waals surface area contributed by atoms with Crippen LogP contribution in [0, 0.1) is 0 Å². The van der Waals surface area contributed by atoms with Crippen molar-refractivity contribution in [2.75, 3.05) is 0 Å². The Balaban J connectivity index is 2.03. The van der Waals surface area contributed by atoms with E-state index in [0.717, 1.165) is 0 Å². The van der Waals surface area contributed by atoms with Crippen molar-refractivity contribution >= 4 is 21.5 Å². The third-order valence-corrected chi connectivity index (χ3v) is 5.72. The lowest BCUT2D eigenvalue weighted by atomic mass is 9.87. The molecule has 0 nitrogen and oxygen atoms in total. The smallest absolute Gasteiger partial charge is 0.0143 e. The van der Waals surface area contributed by atoms with E-state index in [9.17, 15) is 0 Å². The minimum Gasteiger partial charge on any atom is -0.0654 e. The maximum absolute atomic E-state index is 2.35. The summed E-state index contributed by atoms with van der Waals surface area (Å²) in [6, 6.07) is 18.3. The maximum atomic E-state index is 2.35. The van der Waals surface area contributed by atoms with Gasteiger partial charge in [0.05, 0.1) is 0 Å². The molecule has 0 heteroatoms. The number of hydrogen-bond donors (Lipinski definition) is 0. The third kappa shape index (κ3) is 4.29. The molecule has 0 aliphatic carbocycles. The molecule has 0 aliphatic heterocycles. The van der Waals surface area contributed by atoms with Gasteiger partial charge in [0.25, 0.3) is 0 Å². The van der Waals surface area contributed by atoms with Crippen LogP contribution < -0.4 is 0 Å². The standard InChI is InChI=1S/C26H34/c1-3-5-7-9-15-21-23-17-11-13-19-25(23)22(16-10-8-6-4-2)26-20-14-12-18-24(21)26/h11-14,17-20H,3-10,15-16H2,1-2H3. The fourth-order valence-corrected chi connectivity index (χ4v) is 4.30. The number of unbranched alkanes of at least 4 members (excludes halogenated alkanes) is 6. The van der Waals surface area contributed by atoms with E-state index in [-0.39, 0.29) is 0 Å². The molecule has 3 aromatic rings. The summed E-state index contributed by atoms with van der Waals surface area (Å²) >= 11 is 0. The van der Waals surface area contributed by atoms with Crippen LogP contribution in [0.1, 0.15) is 76.3 Å². The van der Waals surface area contributed by atoms with E-state index < -0.39 is 0 Å². The average molecular weight is 347 g/mol. The highest BCUT2D eigenvalue weighted by molar-refractivity contribution is 6.05. The van der Waals surface area contributed by atoms with E-state index in [1.165, 1.54) is 85.8 Å². The summed E-state index contributed by atoms with van der Waals surface area (Å²) in [5.41, 5.74) is 3.15. The molecule has 138 valence electrons. The van der Waals surface area contributed by atoms with Crippen LogP contribution in [0.2, 0.25) is 0 Å². The number of rotatable bonds is 10. The second kappa shape index (κ2) is 9.76. The van der Waals surface area contributed by atoms with E-state index in [1.807, 2.05) is 0 Å². The molecule has 0 amide bonds. The molecular formula is C26H34. The van der Waals surface area contributed by atoms with Crippen LogP contribution in [0.5, 0.6) is 0 Å². The predicted molar refractivity (Wildman–Crippen MR) is 117 cm³/mol. The fraction of sp³-hybridized carbons (Fsp3) is 0.462. The van der Waals surface area contributed by atoms with Crippen LogP contribution in [0.3, 0.4) is 0 Å². The minimum atomic E-state index is 1.21. The Labute approximate surface area is 159 Å². The van der Waals surface area contributed by atoms with Gasteiger partial charge >= 0.3 is 0 Å². The van der Waals surface area contributed by atoms with Gasteiger partial charge in [-0.25, -0.2) is 0 Å². The molecule has 0 fully saturated rings. The highest BCUT2D eigenvalue weighted by atomic mass is 14.2. The Kier molecular flexibility index (Phi) is 7.12. The summed E-state index contributed by atoms with van der Waals surface area (Å²) in [5, 5.41) is 5.97. The zero-order valence-corrected chi connectivity index (χ0v) is 16.7. The molecule has 0 radical (unpaired) electrons. The first kappa shape index (κ1) is 19.0. The first-order chi connectivity index (χ1) is 12.9. The Morgan fingerprint density at radius 3 is 1.12 bits per heavy atom. The van der Waals surface area contributed by atoms with E-state index in [1.54, 1.807) is 11.1 Å². The molecular weight excluding hydrogens is 312 g/mol. The molecule has 0 saturated heterocycles. The lowest BCUT2D eigenvalue weighted by molar-refractivity contribution is 0.668. The normalized spacial score (nSPS) is 11.5. The third-order valence-electron chi connectivity index (χ3n) is 5.72. The van der Waals surface area contributed by atoms with Gasteiger partial charge in [0, 0.05) is 0 Å². The summed E-state index contributed by atoms with van der Waals surface area (Å²) in [7, 11) is 0. The van der Waals surface area contributed by atoms with Crippen LogP contribution in [0.25, 0.3) is 21.5 Å². The second-order valence-corrected chi connectivity index (χ2v) is 7.67. The molecule has 0 atom stereocenters. The summed E-state index contributed by atoms with van der Waals surface area (Å²) in [4.78, 5) is 0. The summed E-state index contributed by atoms with van der Waals surface area (Å²) in [6.07, 6.45) is 13.0. The van der Waals surface area contributed by atoms with Crippen LogP contribution >= 0.6 is 0 Å². The molecule has 0 spiro atoms. The van der Waals surface area contributed by atoms with Gasteiger partial charge in [-0.2, -0.15) is 0 Å². The van der Waals surface area contributed by atoms with E-state index in [2.05, 4.69) is 62.4 Å². The van der Waals surface area contributed by atoms with Gasteiger partial charge < -0.3 is 0 Å². The second-order valence-electron chi connectivity index (χ2n) is 7.67. The first-order valence-electron chi connectivity index (χ1n) is 10.8. The quantitative estimate of drug-likeness (QED) is 0.256. The van der Waals surface area contributed by atoms with E-state index in [0.29, 0.717) is 0 Å². The summed E-state index contributed by atoms with van der Waals surface area (Å²) in [5.74, 6) is 0. The van der Waals surface area contributed by atoms with Crippen molar-refractivity contribution in [2.45, 2.75) is 78.1 Å². The van der Waals surface area contributed by atoms with Gasteiger partial charge in [-0.05, 0) is 58.4 Å². The lowest BCUT2D eigenvalue weighted by Gasteiger charge is -2.17. The van der Waals surface area contributed by atoms with Crippen molar-refractivity contribution in [2.24, 2.45) is 0 Å². The SMILES string of the molecule is CCCCCCc1c2ccccc2c(CCCCCC)c2ccccc12. The zero-order valence-electron chi connectivity index (χ0n) is 16.7. The highest BCUT2D eigenvalue weighted by Gasteiger charge is 2.13. The van der Waals surface area contributed by atoms with Gasteiger partial charge in [0.15, 0.2) is 0 Å². The molecule has 0 N–H and O–H groups in total. The molecule has 0 unspecified atom stereocenters. The zero-order chi connectivity index (χ0) is 18.2. The number of benzene rings is 3. The Morgan fingerprint density at radius 1 is 0.462 bits per heavy atom. The van der Waals surface area contributed by atoms with Crippen LogP contribution in [0.4, 0.5) is 0 Å². The average Bonchev–Trinajstić information content (AvgIpc) is 2.69. The molecule has 0 heterocycles. The molecule has 3 aromatic carbocycles. The summed E-state index contributed by atoms with van der Waals surface area (Å²) < 4.78 is 0. The topological polar surface area (TPSA) is 0 Å². The highest BCUT2D eigenvalue weighted by Crippen LogP contribution is 2.35. The van der Waals surface area contributed by atoms with Crippen molar-refractivity contribution < 1.29 is 0 Å². The van der Waals surface area contributed by atoms with Gasteiger partial charge in [0.1, 0.15) is 0 Å². The largest absolute Gasteiger partial charge is 0.0654 e. The number of aryl methyl sites for hydroxylation is 2. The molecule has 0 bridgehead atoms. The summed E-state index contributed by atoms with van der Waals surface area (Å²) in [6.45, 7) is 4.58. The van der Waals surface area contributed by atoms with Crippen molar-refractivity contribution in [1.82, 2.24) is 0 Å². The number of hydrogen-bond acceptors (Lipinski definition) is 0. The molecule has 0 aromatic heterocycles. The van der Waals surface area contributed by atoms with Crippen LogP contribution in [-0.2, 0) is 12.8 Å². The lowest BCUT2D eigenvalue weighted by Crippen LogP contribution is -1.97. The predicted octanol–water partition coefficient (Wildman–Crippen LogP) is 8.24. The van der Waals surface area contributed by atoms with Crippen molar-refractivity contribution in [3.63, 3.8) is 0 Å². The van der Waals surface area contributed by atoms with Crippen molar-refractivity contribution in [3.05, 3.63) is 59.7 Å². The number of fused-ring (bicyclic) bond motifs is 2. The molecule has 0 aliphatic rings. The molecule has 3 rings (SSSR count). The van der Waals surface area contributed by atoms with Crippen molar-refractivity contribution in [3.8, 4) is 0 Å². The van der Waals surface area contributed by atoms with Gasteiger partial charge in [-0.15, -0.1) is 0 Å². The minimum absolute atomic E-state index is 1.21. The Morgan fingerprint density at radius 2 is 0.808 bits per heavy atom. The van der Waals surface area contributed by atoms with E-state index >= 15 is 0 Å². The Hall–Kier alpha value is -1.82. The van der Waals surface area contributed by atoms with Gasteiger partial charge in [-0.3, -0.25) is 0 Å². The molecule has 26 heavy (non-hydrogen) atoms. The fourth-order valence-electron chi connectivity index (χ4n) is 4.30. The van der Waals surface area contributed by atoms with Gasteiger partial charge in [0.2, 0.25) is 0 Å². The first-order valence-corrected chi connectivity index (χ1v) is 10.8. The van der Waals surface area contributed by atoms with E-state index in [4.69, 9.17) is 0 Å². The molecule has 0 saturated carbocycles. The maximum Gasteiger partial charge on any atom is -0.0143 e.